The Hall–Kier alpha value is -3.46. The molecule has 1 saturated heterocycles. The molecule has 0 unspecified atom stereocenters. The first-order valence-electron chi connectivity index (χ1n) is 10.9. The third-order valence-corrected chi connectivity index (χ3v) is 5.84. The summed E-state index contributed by atoms with van der Waals surface area (Å²) in [6.45, 7) is 4.23. The number of carbonyl (C=O) groups is 2. The molecule has 10 heteroatoms. The lowest BCUT2D eigenvalue weighted by Crippen LogP contribution is -2.50. The quantitative estimate of drug-likeness (QED) is 0.568. The van der Waals surface area contributed by atoms with Crippen molar-refractivity contribution in [2.24, 2.45) is 0 Å². The minimum atomic E-state index is -0.320. The summed E-state index contributed by atoms with van der Waals surface area (Å²) in [5.74, 6) is 0.0582. The van der Waals surface area contributed by atoms with E-state index in [4.69, 9.17) is 22.1 Å². The maximum absolute atomic E-state index is 13.1. The lowest BCUT2D eigenvalue weighted by Gasteiger charge is -2.34. The maximum atomic E-state index is 13.1. The summed E-state index contributed by atoms with van der Waals surface area (Å²) in [5.41, 5.74) is 7.93. The van der Waals surface area contributed by atoms with E-state index in [1.807, 2.05) is 6.92 Å². The van der Waals surface area contributed by atoms with Crippen LogP contribution in [0.4, 0.5) is 10.7 Å². The predicted octanol–water partition coefficient (Wildman–Crippen LogP) is 3.62. The molecule has 0 saturated carbocycles. The minimum absolute atomic E-state index is 0.116. The van der Waals surface area contributed by atoms with E-state index in [0.29, 0.717) is 60.1 Å². The molecule has 9 nitrogen and oxygen atoms in total. The van der Waals surface area contributed by atoms with Crippen molar-refractivity contribution < 1.29 is 14.3 Å². The van der Waals surface area contributed by atoms with Crippen LogP contribution in [0.1, 0.15) is 30.1 Å². The fourth-order valence-corrected chi connectivity index (χ4v) is 3.87. The molecule has 1 aliphatic heterocycles. The third-order valence-electron chi connectivity index (χ3n) is 5.52. The van der Waals surface area contributed by atoms with Crippen molar-refractivity contribution in [3.05, 3.63) is 47.2 Å². The second-order valence-corrected chi connectivity index (χ2v) is 8.21. The molecular formula is C23H25ClN6O3. The van der Waals surface area contributed by atoms with Crippen LogP contribution in [-0.2, 0) is 4.74 Å². The highest BCUT2D eigenvalue weighted by molar-refractivity contribution is 6.35. The average molecular weight is 469 g/mol. The van der Waals surface area contributed by atoms with E-state index < -0.39 is 0 Å². The Labute approximate surface area is 196 Å². The zero-order valence-corrected chi connectivity index (χ0v) is 19.1. The van der Waals surface area contributed by atoms with Gasteiger partial charge in [0.2, 0.25) is 5.95 Å². The molecular weight excluding hydrogens is 444 g/mol. The third kappa shape index (κ3) is 5.14. The number of hydrogen-bond acceptors (Lipinski definition) is 7. The highest BCUT2D eigenvalue weighted by atomic mass is 35.5. The number of aromatic nitrogens is 3. The number of amides is 2. The van der Waals surface area contributed by atoms with Crippen LogP contribution in [0.3, 0.4) is 0 Å². The van der Waals surface area contributed by atoms with Gasteiger partial charge < -0.3 is 20.3 Å². The van der Waals surface area contributed by atoms with Crippen molar-refractivity contribution in [3.63, 3.8) is 0 Å². The first-order valence-corrected chi connectivity index (χ1v) is 11.2. The Kier molecular flexibility index (Phi) is 6.88. The van der Waals surface area contributed by atoms with E-state index in [-0.39, 0.29) is 17.9 Å². The van der Waals surface area contributed by atoms with Crippen LogP contribution >= 0.6 is 11.6 Å². The molecule has 0 radical (unpaired) electrons. The van der Waals surface area contributed by atoms with Crippen LogP contribution in [0, 0.1) is 0 Å². The van der Waals surface area contributed by atoms with E-state index >= 15 is 0 Å². The molecule has 2 amide bonds. The summed E-state index contributed by atoms with van der Waals surface area (Å²) in [6.07, 6.45) is 4.65. The van der Waals surface area contributed by atoms with Gasteiger partial charge >= 0.3 is 6.09 Å². The van der Waals surface area contributed by atoms with Crippen molar-refractivity contribution in [1.29, 1.82) is 0 Å². The molecule has 4 rings (SSSR count). The zero-order valence-electron chi connectivity index (χ0n) is 18.3. The number of unbranched alkanes of at least 4 members (excludes halogenated alkanes) is 1. The lowest BCUT2D eigenvalue weighted by atomic mass is 10.1. The van der Waals surface area contributed by atoms with Gasteiger partial charge in [0.15, 0.2) is 0 Å². The SMILES string of the molecule is CCCCOC(=O)N1CCN(C(=O)c2ccc3c(Cl)cc(-c4cnc(N)nc4)nc3c2)CC1. The molecule has 1 fully saturated rings. The number of anilines is 1. The average Bonchev–Trinajstić information content (AvgIpc) is 2.84. The summed E-state index contributed by atoms with van der Waals surface area (Å²) in [4.78, 5) is 41.3. The number of rotatable bonds is 5. The predicted molar refractivity (Wildman–Crippen MR) is 126 cm³/mol. The lowest BCUT2D eigenvalue weighted by molar-refractivity contribution is 0.0558. The Morgan fingerprint density at radius 1 is 1.09 bits per heavy atom. The molecule has 3 heterocycles. The topological polar surface area (TPSA) is 115 Å². The van der Waals surface area contributed by atoms with Crippen LogP contribution in [0.25, 0.3) is 22.2 Å². The summed E-state index contributed by atoms with van der Waals surface area (Å²) in [6, 6.07) is 7.01. The summed E-state index contributed by atoms with van der Waals surface area (Å²) >= 11 is 6.46. The van der Waals surface area contributed by atoms with Gasteiger partial charge in [-0.15, -0.1) is 0 Å². The number of fused-ring (bicyclic) bond motifs is 1. The van der Waals surface area contributed by atoms with E-state index in [1.54, 1.807) is 46.5 Å². The van der Waals surface area contributed by atoms with Gasteiger partial charge in [0.25, 0.3) is 5.91 Å². The number of ether oxygens (including phenoxy) is 1. The normalized spacial score (nSPS) is 13.9. The van der Waals surface area contributed by atoms with Gasteiger partial charge in [0, 0.05) is 55.1 Å². The van der Waals surface area contributed by atoms with Crippen molar-refractivity contribution in [2.75, 3.05) is 38.5 Å². The van der Waals surface area contributed by atoms with Crippen molar-refractivity contribution in [2.45, 2.75) is 19.8 Å². The van der Waals surface area contributed by atoms with Gasteiger partial charge in [0.1, 0.15) is 0 Å². The monoisotopic (exact) mass is 468 g/mol. The molecule has 2 aromatic heterocycles. The molecule has 3 aromatic rings. The molecule has 0 aliphatic carbocycles. The fourth-order valence-electron chi connectivity index (χ4n) is 3.61. The number of carbonyl (C=O) groups excluding carboxylic acids is 2. The van der Waals surface area contributed by atoms with Crippen LogP contribution < -0.4 is 5.73 Å². The first-order chi connectivity index (χ1) is 16.0. The number of nitrogens with zero attached hydrogens (tertiary/aromatic N) is 5. The molecule has 1 aromatic carbocycles. The Bertz CT molecular complexity index is 1160. The van der Waals surface area contributed by atoms with Gasteiger partial charge in [-0.2, -0.15) is 0 Å². The minimum Gasteiger partial charge on any atom is -0.449 e. The van der Waals surface area contributed by atoms with Crippen LogP contribution in [0.15, 0.2) is 36.7 Å². The Morgan fingerprint density at radius 3 is 2.48 bits per heavy atom. The second-order valence-electron chi connectivity index (χ2n) is 7.80. The van der Waals surface area contributed by atoms with Crippen LogP contribution in [-0.4, -0.2) is 69.5 Å². The number of benzene rings is 1. The second kappa shape index (κ2) is 9.99. The number of nitrogens with two attached hydrogens (primary N) is 1. The largest absolute Gasteiger partial charge is 0.449 e. The molecule has 0 bridgehead atoms. The zero-order chi connectivity index (χ0) is 23.4. The van der Waals surface area contributed by atoms with Crippen LogP contribution in [0.5, 0.6) is 0 Å². The molecule has 0 atom stereocenters. The smallest absolute Gasteiger partial charge is 0.409 e. The van der Waals surface area contributed by atoms with E-state index in [0.717, 1.165) is 18.2 Å². The highest BCUT2D eigenvalue weighted by Crippen LogP contribution is 2.28. The fraction of sp³-hybridized carbons (Fsp3) is 0.348. The van der Waals surface area contributed by atoms with Gasteiger partial charge in [-0.05, 0) is 24.6 Å². The molecule has 33 heavy (non-hydrogen) atoms. The number of halogens is 1. The summed E-state index contributed by atoms with van der Waals surface area (Å²) in [7, 11) is 0. The van der Waals surface area contributed by atoms with Gasteiger partial charge in [0.05, 0.1) is 22.8 Å². The molecule has 1 aliphatic rings. The molecule has 0 spiro atoms. The van der Waals surface area contributed by atoms with Crippen molar-refractivity contribution >= 4 is 40.5 Å². The number of piperazine rings is 1. The highest BCUT2D eigenvalue weighted by Gasteiger charge is 2.26. The first kappa shape index (κ1) is 22.7. The number of nitrogen functional groups attached to an aromatic ring is 1. The van der Waals surface area contributed by atoms with E-state index in [9.17, 15) is 9.59 Å². The van der Waals surface area contributed by atoms with E-state index in [1.165, 1.54) is 0 Å². The number of pyridine rings is 1. The Balaban J connectivity index is 1.48. The summed E-state index contributed by atoms with van der Waals surface area (Å²) < 4.78 is 5.26. The standard InChI is InChI=1S/C23H25ClN6O3/c1-2-3-10-33-23(32)30-8-6-29(7-9-30)21(31)15-4-5-17-18(24)12-19(28-20(17)11-15)16-13-26-22(25)27-14-16/h4-5,11-14H,2-3,6-10H2,1H3,(H2,25,26,27). The molecule has 172 valence electrons. The Morgan fingerprint density at radius 2 is 1.79 bits per heavy atom. The van der Waals surface area contributed by atoms with Crippen molar-refractivity contribution in [3.8, 4) is 11.3 Å². The van der Waals surface area contributed by atoms with Gasteiger partial charge in [-0.3, -0.25) is 4.79 Å². The van der Waals surface area contributed by atoms with Crippen LogP contribution in [0.2, 0.25) is 5.02 Å². The summed E-state index contributed by atoms with van der Waals surface area (Å²) in [5, 5.41) is 1.26. The maximum Gasteiger partial charge on any atom is 0.409 e. The van der Waals surface area contributed by atoms with E-state index in [2.05, 4.69) is 15.0 Å². The number of hydrogen-bond donors (Lipinski definition) is 1. The molecule has 2 N–H and O–H groups in total. The van der Waals surface area contributed by atoms with Crippen molar-refractivity contribution in [1.82, 2.24) is 24.8 Å². The van der Waals surface area contributed by atoms with Gasteiger partial charge in [-0.25, -0.2) is 19.7 Å². The van der Waals surface area contributed by atoms with Gasteiger partial charge in [-0.1, -0.05) is 31.0 Å².